The van der Waals surface area contributed by atoms with Crippen LogP contribution in [0.25, 0.3) is 0 Å². The Kier molecular flexibility index (Phi) is 3.76. The molecular weight excluding hydrogens is 214 g/mol. The summed E-state index contributed by atoms with van der Waals surface area (Å²) in [5.41, 5.74) is 2.70. The van der Waals surface area contributed by atoms with Crippen LogP contribution >= 0.6 is 15.9 Å². The third kappa shape index (κ3) is 2.95. The minimum Gasteiger partial charge on any atom is -0.305 e. The second-order valence-corrected chi connectivity index (χ2v) is 3.75. The van der Waals surface area contributed by atoms with E-state index in [0.29, 0.717) is 0 Å². The van der Waals surface area contributed by atoms with E-state index in [1.165, 1.54) is 11.1 Å². The van der Waals surface area contributed by atoms with Crippen molar-refractivity contribution in [3.8, 4) is 0 Å². The van der Waals surface area contributed by atoms with Crippen LogP contribution in [0.15, 0.2) is 24.3 Å². The van der Waals surface area contributed by atoms with Crippen LogP contribution in [0.2, 0.25) is 0 Å². The molecular formula is C10H14BrN. The summed E-state index contributed by atoms with van der Waals surface area (Å²) in [4.78, 5) is 2.17. The highest BCUT2D eigenvalue weighted by atomic mass is 79.9. The second-order valence-electron chi connectivity index (χ2n) is 3.19. The smallest absolute Gasteiger partial charge is 0.0283 e. The van der Waals surface area contributed by atoms with E-state index >= 15 is 0 Å². The van der Waals surface area contributed by atoms with Crippen molar-refractivity contribution in [1.29, 1.82) is 0 Å². The van der Waals surface area contributed by atoms with Crippen molar-refractivity contribution in [3.05, 3.63) is 35.4 Å². The molecule has 0 aliphatic carbocycles. The quantitative estimate of drug-likeness (QED) is 0.719. The van der Waals surface area contributed by atoms with Crippen molar-refractivity contribution in [1.82, 2.24) is 4.90 Å². The van der Waals surface area contributed by atoms with Crippen molar-refractivity contribution < 1.29 is 0 Å². The van der Waals surface area contributed by atoms with Crippen molar-refractivity contribution in [3.63, 3.8) is 0 Å². The van der Waals surface area contributed by atoms with Gasteiger partial charge in [0, 0.05) is 11.9 Å². The van der Waals surface area contributed by atoms with Crippen molar-refractivity contribution in [2.24, 2.45) is 0 Å². The number of nitrogens with zero attached hydrogens (tertiary/aromatic N) is 1. The summed E-state index contributed by atoms with van der Waals surface area (Å²) in [6, 6.07) is 8.67. The van der Waals surface area contributed by atoms with Crippen LogP contribution in [0, 0.1) is 0 Å². The molecule has 0 N–H and O–H groups in total. The van der Waals surface area contributed by atoms with Gasteiger partial charge in [-0.15, -0.1) is 0 Å². The first-order valence-corrected chi connectivity index (χ1v) is 5.13. The highest BCUT2D eigenvalue weighted by molar-refractivity contribution is 9.08. The Hall–Kier alpha value is -0.340. The van der Waals surface area contributed by atoms with E-state index in [1.807, 2.05) is 0 Å². The molecule has 0 atom stereocenters. The van der Waals surface area contributed by atoms with E-state index in [1.54, 1.807) is 0 Å². The van der Waals surface area contributed by atoms with Crippen LogP contribution < -0.4 is 0 Å². The van der Waals surface area contributed by atoms with Crippen molar-refractivity contribution in [2.45, 2.75) is 11.9 Å². The van der Waals surface area contributed by atoms with Gasteiger partial charge in [-0.25, -0.2) is 0 Å². The number of alkyl halides is 1. The molecule has 0 heterocycles. The maximum absolute atomic E-state index is 3.42. The first kappa shape index (κ1) is 9.75. The van der Waals surface area contributed by atoms with Crippen LogP contribution in [-0.4, -0.2) is 19.0 Å². The molecule has 0 unspecified atom stereocenters. The third-order valence-electron chi connectivity index (χ3n) is 1.68. The van der Waals surface area contributed by atoms with Gasteiger partial charge in [0.05, 0.1) is 0 Å². The van der Waals surface area contributed by atoms with Crippen molar-refractivity contribution in [2.75, 3.05) is 14.1 Å². The van der Waals surface area contributed by atoms with Crippen LogP contribution in [0.1, 0.15) is 11.1 Å². The first-order chi connectivity index (χ1) is 5.72. The number of rotatable bonds is 3. The highest BCUT2D eigenvalue weighted by Gasteiger charge is 1.94. The van der Waals surface area contributed by atoms with Gasteiger partial charge in [0.1, 0.15) is 0 Å². The Morgan fingerprint density at radius 3 is 2.00 bits per heavy atom. The van der Waals surface area contributed by atoms with Crippen molar-refractivity contribution >= 4 is 15.9 Å². The predicted octanol–water partition coefficient (Wildman–Crippen LogP) is 2.64. The summed E-state index contributed by atoms with van der Waals surface area (Å²) in [6.07, 6.45) is 0. The van der Waals surface area contributed by atoms with E-state index in [9.17, 15) is 0 Å². The zero-order valence-electron chi connectivity index (χ0n) is 7.55. The lowest BCUT2D eigenvalue weighted by molar-refractivity contribution is 0.402. The number of halogens is 1. The molecule has 1 nitrogen and oxygen atoms in total. The molecule has 0 saturated carbocycles. The topological polar surface area (TPSA) is 3.24 Å². The Bertz CT molecular complexity index is 228. The molecule has 66 valence electrons. The Morgan fingerprint density at radius 2 is 1.58 bits per heavy atom. The summed E-state index contributed by atoms with van der Waals surface area (Å²) in [7, 11) is 4.16. The summed E-state index contributed by atoms with van der Waals surface area (Å²) in [5.74, 6) is 0. The molecule has 1 aromatic rings. The van der Waals surface area contributed by atoms with Gasteiger partial charge in [-0.05, 0) is 25.2 Å². The Balaban J connectivity index is 2.65. The zero-order valence-corrected chi connectivity index (χ0v) is 9.13. The van der Waals surface area contributed by atoms with Gasteiger partial charge in [0.25, 0.3) is 0 Å². The number of benzene rings is 1. The maximum Gasteiger partial charge on any atom is 0.0283 e. The number of hydrogen-bond acceptors (Lipinski definition) is 1. The van der Waals surface area contributed by atoms with Gasteiger partial charge in [0.15, 0.2) is 0 Å². The fourth-order valence-corrected chi connectivity index (χ4v) is 1.47. The van der Waals surface area contributed by atoms with Crippen LogP contribution in [-0.2, 0) is 11.9 Å². The Labute approximate surface area is 82.5 Å². The average molecular weight is 228 g/mol. The minimum absolute atomic E-state index is 0.940. The average Bonchev–Trinajstić information content (AvgIpc) is 2.05. The van der Waals surface area contributed by atoms with Gasteiger partial charge >= 0.3 is 0 Å². The summed E-state index contributed by atoms with van der Waals surface area (Å²) in [5, 5.41) is 0.940. The second kappa shape index (κ2) is 4.63. The summed E-state index contributed by atoms with van der Waals surface area (Å²) >= 11 is 3.42. The Morgan fingerprint density at radius 1 is 1.08 bits per heavy atom. The fourth-order valence-electron chi connectivity index (χ4n) is 1.10. The summed E-state index contributed by atoms with van der Waals surface area (Å²) < 4.78 is 0. The SMILES string of the molecule is CN(C)Cc1ccc(CBr)cc1. The van der Waals surface area contributed by atoms with E-state index in [4.69, 9.17) is 0 Å². The van der Waals surface area contributed by atoms with Gasteiger partial charge in [-0.1, -0.05) is 40.2 Å². The molecule has 1 rings (SSSR count). The molecule has 0 radical (unpaired) electrons. The zero-order chi connectivity index (χ0) is 8.97. The molecule has 0 bridgehead atoms. The molecule has 0 aromatic heterocycles. The lowest BCUT2D eigenvalue weighted by Gasteiger charge is -2.09. The van der Waals surface area contributed by atoms with Gasteiger partial charge in [-0.3, -0.25) is 0 Å². The van der Waals surface area contributed by atoms with E-state index in [0.717, 1.165) is 11.9 Å². The van der Waals surface area contributed by atoms with Crippen LogP contribution in [0.4, 0.5) is 0 Å². The van der Waals surface area contributed by atoms with E-state index in [2.05, 4.69) is 59.2 Å². The molecule has 2 heteroatoms. The third-order valence-corrected chi connectivity index (χ3v) is 2.32. The largest absolute Gasteiger partial charge is 0.305 e. The highest BCUT2D eigenvalue weighted by Crippen LogP contribution is 2.08. The normalized spacial score (nSPS) is 10.7. The predicted molar refractivity (Wildman–Crippen MR) is 56.5 cm³/mol. The molecule has 1 aromatic carbocycles. The van der Waals surface area contributed by atoms with Crippen LogP contribution in [0.5, 0.6) is 0 Å². The standard InChI is InChI=1S/C10H14BrN/c1-12(2)8-10-5-3-9(7-11)4-6-10/h3-6H,7-8H2,1-2H3. The van der Waals surface area contributed by atoms with Gasteiger partial charge in [0.2, 0.25) is 0 Å². The van der Waals surface area contributed by atoms with E-state index < -0.39 is 0 Å². The molecule has 0 fully saturated rings. The lowest BCUT2D eigenvalue weighted by atomic mass is 10.1. The molecule has 0 aliphatic heterocycles. The fraction of sp³-hybridized carbons (Fsp3) is 0.400. The number of hydrogen-bond donors (Lipinski definition) is 0. The molecule has 0 aliphatic rings. The van der Waals surface area contributed by atoms with E-state index in [-0.39, 0.29) is 0 Å². The molecule has 0 spiro atoms. The molecule has 12 heavy (non-hydrogen) atoms. The maximum atomic E-state index is 3.42. The van der Waals surface area contributed by atoms with Gasteiger partial charge in [-0.2, -0.15) is 0 Å². The first-order valence-electron chi connectivity index (χ1n) is 4.01. The molecule has 0 amide bonds. The minimum atomic E-state index is 0.940. The summed E-state index contributed by atoms with van der Waals surface area (Å²) in [6.45, 7) is 1.02. The monoisotopic (exact) mass is 227 g/mol. The molecule has 0 saturated heterocycles. The lowest BCUT2D eigenvalue weighted by Crippen LogP contribution is -2.10. The van der Waals surface area contributed by atoms with Crippen LogP contribution in [0.3, 0.4) is 0 Å². The van der Waals surface area contributed by atoms with Gasteiger partial charge < -0.3 is 4.90 Å².